The van der Waals surface area contributed by atoms with Crippen LogP contribution in [0.1, 0.15) is 31.0 Å². The van der Waals surface area contributed by atoms with E-state index >= 15 is 0 Å². The Morgan fingerprint density at radius 1 is 1.23 bits per heavy atom. The summed E-state index contributed by atoms with van der Waals surface area (Å²) < 4.78 is 7.05. The molecule has 1 aliphatic rings. The highest BCUT2D eigenvalue weighted by molar-refractivity contribution is 5.80. The normalized spacial score (nSPS) is 14.2. The summed E-state index contributed by atoms with van der Waals surface area (Å²) in [5.41, 5.74) is 2.72. The van der Waals surface area contributed by atoms with Gasteiger partial charge in [-0.05, 0) is 24.5 Å². The Balaban J connectivity index is 1.79. The molecule has 0 spiro atoms. The predicted molar refractivity (Wildman–Crippen MR) is 82.6 cm³/mol. The molecule has 0 fully saturated rings. The SMILES string of the molecule is CC(=O)OC1=CCCC=C1c1cn(Cc2ccccc2)nn1. The van der Waals surface area contributed by atoms with Crippen LogP contribution in [0.15, 0.2) is 54.4 Å². The highest BCUT2D eigenvalue weighted by Gasteiger charge is 2.17. The Morgan fingerprint density at radius 3 is 2.77 bits per heavy atom. The van der Waals surface area contributed by atoms with E-state index < -0.39 is 0 Å². The van der Waals surface area contributed by atoms with Crippen molar-refractivity contribution in [2.45, 2.75) is 26.3 Å². The summed E-state index contributed by atoms with van der Waals surface area (Å²) in [5, 5.41) is 8.36. The van der Waals surface area contributed by atoms with Crippen LogP contribution in [0.3, 0.4) is 0 Å². The van der Waals surface area contributed by atoms with E-state index in [1.165, 1.54) is 6.92 Å². The van der Waals surface area contributed by atoms with Crippen LogP contribution in [0.4, 0.5) is 0 Å². The lowest BCUT2D eigenvalue weighted by Crippen LogP contribution is -2.04. The van der Waals surface area contributed by atoms with Crippen molar-refractivity contribution >= 4 is 11.5 Å². The maximum atomic E-state index is 11.2. The van der Waals surface area contributed by atoms with Crippen LogP contribution < -0.4 is 0 Å². The quantitative estimate of drug-likeness (QED) is 0.814. The standard InChI is InChI=1S/C17H17N3O2/c1-13(21)22-17-10-6-5-9-15(17)16-12-20(19-18-16)11-14-7-3-2-4-8-14/h2-4,7-10,12H,5-6,11H2,1H3. The fourth-order valence-corrected chi connectivity index (χ4v) is 2.40. The van der Waals surface area contributed by atoms with E-state index in [-0.39, 0.29) is 5.97 Å². The monoisotopic (exact) mass is 295 g/mol. The molecular weight excluding hydrogens is 278 g/mol. The van der Waals surface area contributed by atoms with Gasteiger partial charge in [0.25, 0.3) is 0 Å². The van der Waals surface area contributed by atoms with Crippen molar-refractivity contribution in [3.8, 4) is 0 Å². The molecule has 0 saturated heterocycles. The van der Waals surface area contributed by atoms with E-state index in [0.717, 1.165) is 29.7 Å². The molecule has 0 saturated carbocycles. The van der Waals surface area contributed by atoms with Crippen molar-refractivity contribution in [2.24, 2.45) is 0 Å². The molecule has 0 atom stereocenters. The first-order valence-electron chi connectivity index (χ1n) is 7.26. The number of benzene rings is 1. The molecule has 0 amide bonds. The Kier molecular flexibility index (Phi) is 4.14. The van der Waals surface area contributed by atoms with Gasteiger partial charge in [0.05, 0.1) is 12.7 Å². The molecule has 0 radical (unpaired) electrons. The fraction of sp³-hybridized carbons (Fsp3) is 0.235. The van der Waals surface area contributed by atoms with Gasteiger partial charge in [-0.1, -0.05) is 41.6 Å². The summed E-state index contributed by atoms with van der Waals surface area (Å²) in [7, 11) is 0. The maximum absolute atomic E-state index is 11.2. The Morgan fingerprint density at radius 2 is 2.00 bits per heavy atom. The number of rotatable bonds is 4. The Labute approximate surface area is 128 Å². The van der Waals surface area contributed by atoms with Gasteiger partial charge in [-0.25, -0.2) is 4.68 Å². The number of ether oxygens (including phenoxy) is 1. The minimum absolute atomic E-state index is 0.323. The lowest BCUT2D eigenvalue weighted by Gasteiger charge is -2.13. The summed E-state index contributed by atoms with van der Waals surface area (Å²) in [6.45, 7) is 2.06. The van der Waals surface area contributed by atoms with Crippen molar-refractivity contribution in [3.05, 3.63) is 65.7 Å². The molecule has 5 heteroatoms. The van der Waals surface area contributed by atoms with E-state index in [1.54, 1.807) is 4.68 Å². The Bertz CT molecular complexity index is 729. The first kappa shape index (κ1) is 14.3. The lowest BCUT2D eigenvalue weighted by atomic mass is 10.0. The number of allylic oxidation sites excluding steroid dienone is 3. The first-order valence-corrected chi connectivity index (χ1v) is 7.26. The molecule has 3 rings (SSSR count). The van der Waals surface area contributed by atoms with Gasteiger partial charge in [-0.15, -0.1) is 5.10 Å². The molecule has 1 aliphatic carbocycles. The van der Waals surface area contributed by atoms with Gasteiger partial charge in [0.1, 0.15) is 11.5 Å². The molecule has 0 N–H and O–H groups in total. The zero-order valence-electron chi connectivity index (χ0n) is 12.4. The summed E-state index contributed by atoms with van der Waals surface area (Å²) in [4.78, 5) is 11.2. The average Bonchev–Trinajstić information content (AvgIpc) is 2.96. The molecule has 22 heavy (non-hydrogen) atoms. The molecule has 1 aromatic carbocycles. The van der Waals surface area contributed by atoms with Gasteiger partial charge in [-0.2, -0.15) is 0 Å². The predicted octanol–water partition coefficient (Wildman–Crippen LogP) is 2.95. The van der Waals surface area contributed by atoms with Crippen molar-refractivity contribution in [1.29, 1.82) is 0 Å². The van der Waals surface area contributed by atoms with Crippen molar-refractivity contribution < 1.29 is 9.53 Å². The molecule has 1 heterocycles. The topological polar surface area (TPSA) is 57.0 Å². The molecule has 2 aromatic rings. The number of carbonyl (C=O) groups is 1. The van der Waals surface area contributed by atoms with Crippen LogP contribution in [-0.2, 0) is 16.1 Å². The van der Waals surface area contributed by atoms with Gasteiger partial charge in [0.2, 0.25) is 0 Å². The van der Waals surface area contributed by atoms with E-state index in [0.29, 0.717) is 12.3 Å². The van der Waals surface area contributed by atoms with Crippen molar-refractivity contribution in [2.75, 3.05) is 0 Å². The number of aromatic nitrogens is 3. The number of nitrogens with zero attached hydrogens (tertiary/aromatic N) is 3. The smallest absolute Gasteiger partial charge is 0.308 e. The third-order valence-corrected chi connectivity index (χ3v) is 3.37. The van der Waals surface area contributed by atoms with E-state index in [1.807, 2.05) is 48.7 Å². The number of carbonyl (C=O) groups excluding carboxylic acids is 1. The van der Waals surface area contributed by atoms with Gasteiger partial charge >= 0.3 is 5.97 Å². The summed E-state index contributed by atoms with van der Waals surface area (Å²) >= 11 is 0. The number of hydrogen-bond donors (Lipinski definition) is 0. The van der Waals surface area contributed by atoms with E-state index in [2.05, 4.69) is 10.3 Å². The molecule has 0 aliphatic heterocycles. The molecular formula is C17H17N3O2. The summed E-state index contributed by atoms with van der Waals surface area (Å²) in [6.07, 6.45) is 7.61. The third-order valence-electron chi connectivity index (χ3n) is 3.37. The fourth-order valence-electron chi connectivity index (χ4n) is 2.40. The second-order valence-corrected chi connectivity index (χ2v) is 5.14. The van der Waals surface area contributed by atoms with Crippen LogP contribution in [0.25, 0.3) is 5.57 Å². The second kappa shape index (κ2) is 6.39. The third kappa shape index (κ3) is 3.31. The Hall–Kier alpha value is -2.69. The molecule has 0 unspecified atom stereocenters. The maximum Gasteiger partial charge on any atom is 0.308 e. The largest absolute Gasteiger partial charge is 0.426 e. The zero-order valence-corrected chi connectivity index (χ0v) is 12.4. The highest BCUT2D eigenvalue weighted by atomic mass is 16.5. The van der Waals surface area contributed by atoms with Gasteiger partial charge in [0, 0.05) is 12.5 Å². The van der Waals surface area contributed by atoms with Gasteiger partial charge < -0.3 is 4.74 Å². The first-order chi connectivity index (χ1) is 10.7. The highest BCUT2D eigenvalue weighted by Crippen LogP contribution is 2.27. The van der Waals surface area contributed by atoms with E-state index in [9.17, 15) is 4.79 Å². The van der Waals surface area contributed by atoms with Crippen molar-refractivity contribution in [1.82, 2.24) is 15.0 Å². The molecule has 5 nitrogen and oxygen atoms in total. The summed E-state index contributed by atoms with van der Waals surface area (Å²) in [6, 6.07) is 10.1. The minimum Gasteiger partial charge on any atom is -0.426 e. The zero-order chi connectivity index (χ0) is 15.4. The molecule has 112 valence electrons. The number of hydrogen-bond acceptors (Lipinski definition) is 4. The van der Waals surface area contributed by atoms with Crippen LogP contribution in [0.2, 0.25) is 0 Å². The van der Waals surface area contributed by atoms with Crippen LogP contribution in [-0.4, -0.2) is 21.0 Å². The lowest BCUT2D eigenvalue weighted by molar-refractivity contribution is -0.136. The van der Waals surface area contributed by atoms with E-state index in [4.69, 9.17) is 4.74 Å². The number of esters is 1. The molecule has 0 bridgehead atoms. The average molecular weight is 295 g/mol. The summed E-state index contributed by atoms with van der Waals surface area (Å²) in [5.74, 6) is 0.251. The molecule has 1 aromatic heterocycles. The van der Waals surface area contributed by atoms with Crippen LogP contribution in [0.5, 0.6) is 0 Å². The van der Waals surface area contributed by atoms with Crippen LogP contribution in [0, 0.1) is 0 Å². The van der Waals surface area contributed by atoms with Gasteiger partial charge in [0.15, 0.2) is 0 Å². The minimum atomic E-state index is -0.323. The van der Waals surface area contributed by atoms with Crippen LogP contribution >= 0.6 is 0 Å². The van der Waals surface area contributed by atoms with Crippen molar-refractivity contribution in [3.63, 3.8) is 0 Å². The second-order valence-electron chi connectivity index (χ2n) is 5.14. The van der Waals surface area contributed by atoms with Gasteiger partial charge in [-0.3, -0.25) is 4.79 Å².